The second-order valence-electron chi connectivity index (χ2n) is 3.21. The van der Waals surface area contributed by atoms with E-state index in [1.54, 1.807) is 6.92 Å². The van der Waals surface area contributed by atoms with Crippen LogP contribution in [0.1, 0.15) is 23.7 Å². The Morgan fingerprint density at radius 3 is 2.71 bits per heavy atom. The van der Waals surface area contributed by atoms with E-state index in [0.717, 1.165) is 6.07 Å². The van der Waals surface area contributed by atoms with Gasteiger partial charge in [-0.05, 0) is 19.1 Å². The van der Waals surface area contributed by atoms with E-state index in [1.165, 1.54) is 12.1 Å². The first-order valence-electron chi connectivity index (χ1n) is 4.25. The third-order valence-corrected chi connectivity index (χ3v) is 1.76. The first kappa shape index (κ1) is 10.8. The lowest BCUT2D eigenvalue weighted by molar-refractivity contribution is 0.0971. The van der Waals surface area contributed by atoms with Crippen molar-refractivity contribution in [3.05, 3.63) is 35.4 Å². The fourth-order valence-corrected chi connectivity index (χ4v) is 1.12. The zero-order valence-electron chi connectivity index (χ0n) is 7.76. The van der Waals surface area contributed by atoms with Gasteiger partial charge in [0.25, 0.3) is 0 Å². The molecule has 0 saturated carbocycles. The van der Waals surface area contributed by atoms with Crippen LogP contribution < -0.4 is 5.73 Å². The molecule has 0 aliphatic rings. The molecule has 0 aliphatic carbocycles. The number of nitrogens with two attached hydrogens (primary N) is 1. The minimum absolute atomic E-state index is 0.0143. The van der Waals surface area contributed by atoms with Crippen molar-refractivity contribution in [2.45, 2.75) is 19.4 Å². The Labute approximate surface area is 80.7 Å². The maximum atomic E-state index is 13.1. The van der Waals surface area contributed by atoms with Gasteiger partial charge in [-0.2, -0.15) is 0 Å². The summed E-state index contributed by atoms with van der Waals surface area (Å²) in [5, 5.41) is 0. The Bertz CT molecular complexity index is 350. The topological polar surface area (TPSA) is 43.1 Å². The van der Waals surface area contributed by atoms with E-state index in [0.29, 0.717) is 0 Å². The quantitative estimate of drug-likeness (QED) is 0.755. The maximum Gasteiger partial charge on any atom is 0.169 e. The van der Waals surface area contributed by atoms with Gasteiger partial charge < -0.3 is 5.73 Å². The second kappa shape index (κ2) is 4.28. The molecule has 14 heavy (non-hydrogen) atoms. The molecular formula is C10H11F2NO. The van der Waals surface area contributed by atoms with Crippen LogP contribution in [0.3, 0.4) is 0 Å². The standard InChI is InChI=1S/C10H11F2NO/c1-6(13)5-9(14)7-3-2-4-8(11)10(7)12/h2-4,6H,5,13H2,1H3. The van der Waals surface area contributed by atoms with E-state index in [-0.39, 0.29) is 18.0 Å². The molecule has 0 radical (unpaired) electrons. The number of carbonyl (C=O) groups is 1. The highest BCUT2D eigenvalue weighted by atomic mass is 19.2. The molecule has 76 valence electrons. The first-order valence-corrected chi connectivity index (χ1v) is 4.25. The number of benzene rings is 1. The Hall–Kier alpha value is -1.29. The lowest BCUT2D eigenvalue weighted by Crippen LogP contribution is -2.20. The third-order valence-electron chi connectivity index (χ3n) is 1.76. The molecule has 0 saturated heterocycles. The molecule has 2 nitrogen and oxygen atoms in total. The second-order valence-corrected chi connectivity index (χ2v) is 3.21. The molecule has 0 aromatic heterocycles. The average molecular weight is 199 g/mol. The van der Waals surface area contributed by atoms with Gasteiger partial charge in [-0.25, -0.2) is 8.78 Å². The summed E-state index contributed by atoms with van der Waals surface area (Å²) in [5.74, 6) is -2.59. The first-order chi connectivity index (χ1) is 6.52. The Balaban J connectivity index is 2.96. The number of carbonyl (C=O) groups excluding carboxylic acids is 1. The van der Waals surface area contributed by atoms with E-state index in [1.807, 2.05) is 0 Å². The lowest BCUT2D eigenvalue weighted by atomic mass is 10.0. The van der Waals surface area contributed by atoms with Crippen molar-refractivity contribution >= 4 is 5.78 Å². The normalized spacial score (nSPS) is 12.6. The summed E-state index contributed by atoms with van der Waals surface area (Å²) in [6.07, 6.45) is 0.0143. The van der Waals surface area contributed by atoms with E-state index >= 15 is 0 Å². The number of hydrogen-bond acceptors (Lipinski definition) is 2. The molecule has 0 fully saturated rings. The highest BCUT2D eigenvalue weighted by Crippen LogP contribution is 2.13. The smallest absolute Gasteiger partial charge is 0.169 e. The van der Waals surface area contributed by atoms with E-state index in [4.69, 9.17) is 5.73 Å². The molecule has 0 bridgehead atoms. The fraction of sp³-hybridized carbons (Fsp3) is 0.300. The molecule has 0 amide bonds. The van der Waals surface area contributed by atoms with E-state index < -0.39 is 17.4 Å². The summed E-state index contributed by atoms with van der Waals surface area (Å²) in [4.78, 5) is 11.3. The molecule has 0 heterocycles. The predicted molar refractivity (Wildman–Crippen MR) is 49.0 cm³/mol. The molecule has 1 aromatic rings. The van der Waals surface area contributed by atoms with Gasteiger partial charge in [-0.1, -0.05) is 6.07 Å². The van der Waals surface area contributed by atoms with Crippen molar-refractivity contribution in [1.29, 1.82) is 0 Å². The van der Waals surface area contributed by atoms with Crippen LogP contribution in [0.5, 0.6) is 0 Å². The molecule has 1 atom stereocenters. The van der Waals surface area contributed by atoms with Crippen LogP contribution in [0.2, 0.25) is 0 Å². The third kappa shape index (κ3) is 2.35. The van der Waals surface area contributed by atoms with Crippen LogP contribution in [0.25, 0.3) is 0 Å². The van der Waals surface area contributed by atoms with Crippen LogP contribution in [0.4, 0.5) is 8.78 Å². The number of hydrogen-bond donors (Lipinski definition) is 1. The van der Waals surface area contributed by atoms with Gasteiger partial charge in [0.05, 0.1) is 5.56 Å². The van der Waals surface area contributed by atoms with Crippen LogP contribution in [-0.4, -0.2) is 11.8 Å². The van der Waals surface area contributed by atoms with Crippen LogP contribution in [0, 0.1) is 11.6 Å². The Morgan fingerprint density at radius 2 is 2.14 bits per heavy atom. The number of halogens is 2. The predicted octanol–water partition coefficient (Wildman–Crippen LogP) is 1.88. The summed E-state index contributed by atoms with van der Waals surface area (Å²) >= 11 is 0. The zero-order chi connectivity index (χ0) is 10.7. The van der Waals surface area contributed by atoms with Crippen molar-refractivity contribution in [2.24, 2.45) is 5.73 Å². The highest BCUT2D eigenvalue weighted by molar-refractivity contribution is 5.96. The number of rotatable bonds is 3. The fourth-order valence-electron chi connectivity index (χ4n) is 1.12. The zero-order valence-corrected chi connectivity index (χ0v) is 7.76. The summed E-state index contributed by atoms with van der Waals surface area (Å²) in [7, 11) is 0. The van der Waals surface area contributed by atoms with Crippen LogP contribution in [-0.2, 0) is 0 Å². The lowest BCUT2D eigenvalue weighted by Gasteiger charge is -2.05. The SMILES string of the molecule is CC(N)CC(=O)c1cccc(F)c1F. The highest BCUT2D eigenvalue weighted by Gasteiger charge is 2.15. The van der Waals surface area contributed by atoms with Crippen molar-refractivity contribution in [3.63, 3.8) is 0 Å². The van der Waals surface area contributed by atoms with Crippen LogP contribution >= 0.6 is 0 Å². The van der Waals surface area contributed by atoms with Crippen LogP contribution in [0.15, 0.2) is 18.2 Å². The number of ketones is 1. The largest absolute Gasteiger partial charge is 0.328 e. The Morgan fingerprint density at radius 1 is 1.50 bits per heavy atom. The van der Waals surface area contributed by atoms with Gasteiger partial charge in [0, 0.05) is 12.5 Å². The molecular weight excluding hydrogens is 188 g/mol. The van der Waals surface area contributed by atoms with Gasteiger partial charge in [0.2, 0.25) is 0 Å². The minimum atomic E-state index is -1.10. The van der Waals surface area contributed by atoms with Gasteiger partial charge in [-0.3, -0.25) is 4.79 Å². The van der Waals surface area contributed by atoms with Gasteiger partial charge >= 0.3 is 0 Å². The van der Waals surface area contributed by atoms with E-state index in [2.05, 4.69) is 0 Å². The summed E-state index contributed by atoms with van der Waals surface area (Å²) < 4.78 is 25.8. The van der Waals surface area contributed by atoms with Gasteiger partial charge in [-0.15, -0.1) is 0 Å². The summed E-state index contributed by atoms with van der Waals surface area (Å²) in [6.45, 7) is 1.63. The molecule has 4 heteroatoms. The van der Waals surface area contributed by atoms with E-state index in [9.17, 15) is 13.6 Å². The maximum absolute atomic E-state index is 13.1. The molecule has 1 aromatic carbocycles. The van der Waals surface area contributed by atoms with Crippen molar-refractivity contribution in [3.8, 4) is 0 Å². The number of Topliss-reactive ketones (excluding diaryl/α,β-unsaturated/α-hetero) is 1. The van der Waals surface area contributed by atoms with Gasteiger partial charge in [0.1, 0.15) is 0 Å². The molecule has 0 aliphatic heterocycles. The van der Waals surface area contributed by atoms with Crippen molar-refractivity contribution < 1.29 is 13.6 Å². The Kier molecular flexibility index (Phi) is 3.30. The molecule has 2 N–H and O–H groups in total. The van der Waals surface area contributed by atoms with Crippen molar-refractivity contribution in [1.82, 2.24) is 0 Å². The minimum Gasteiger partial charge on any atom is -0.328 e. The molecule has 1 unspecified atom stereocenters. The molecule has 0 spiro atoms. The molecule has 1 rings (SSSR count). The van der Waals surface area contributed by atoms with Crippen molar-refractivity contribution in [2.75, 3.05) is 0 Å². The summed E-state index contributed by atoms with van der Waals surface area (Å²) in [5.41, 5.74) is 5.15. The van der Waals surface area contributed by atoms with Gasteiger partial charge in [0.15, 0.2) is 17.4 Å². The monoisotopic (exact) mass is 199 g/mol. The summed E-state index contributed by atoms with van der Waals surface area (Å²) in [6, 6.07) is 3.17. The average Bonchev–Trinajstić information content (AvgIpc) is 2.08.